The third kappa shape index (κ3) is 3.76. The highest BCUT2D eigenvalue weighted by atomic mass is 32.2. The standard InChI is InChI=1S/C14H27N3O3S/c1-12-6-4-8-16(10-12)14(18)13-7-5-9-17(11-13)21(19,20)15(2)3/h12-13H,4-11H2,1-3H3/t12-,13-/m1/s1. The quantitative estimate of drug-likeness (QED) is 0.772. The highest BCUT2D eigenvalue weighted by molar-refractivity contribution is 7.86. The van der Waals surface area contributed by atoms with Crippen LogP contribution in [0.2, 0.25) is 0 Å². The molecule has 2 atom stereocenters. The second-order valence-electron chi connectivity index (χ2n) is 6.52. The Morgan fingerprint density at radius 3 is 2.38 bits per heavy atom. The van der Waals surface area contributed by atoms with Crippen LogP contribution in [0.15, 0.2) is 0 Å². The summed E-state index contributed by atoms with van der Waals surface area (Å²) in [6, 6.07) is 0. The van der Waals surface area contributed by atoms with E-state index in [1.165, 1.54) is 29.1 Å². The van der Waals surface area contributed by atoms with Gasteiger partial charge in [0.15, 0.2) is 0 Å². The van der Waals surface area contributed by atoms with Gasteiger partial charge in [0, 0.05) is 40.3 Å². The Balaban J connectivity index is 2.02. The highest BCUT2D eigenvalue weighted by Gasteiger charge is 2.35. The second kappa shape index (κ2) is 6.62. The van der Waals surface area contributed by atoms with E-state index >= 15 is 0 Å². The summed E-state index contributed by atoms with van der Waals surface area (Å²) in [5.41, 5.74) is 0. The molecule has 2 saturated heterocycles. The maximum atomic E-state index is 12.6. The van der Waals surface area contributed by atoms with E-state index < -0.39 is 10.2 Å². The van der Waals surface area contributed by atoms with Gasteiger partial charge < -0.3 is 4.90 Å². The maximum Gasteiger partial charge on any atom is 0.281 e. The van der Waals surface area contributed by atoms with Crippen LogP contribution in [-0.4, -0.2) is 68.1 Å². The molecule has 2 fully saturated rings. The lowest BCUT2D eigenvalue weighted by molar-refractivity contribution is -0.138. The molecule has 0 saturated carbocycles. The average molecular weight is 317 g/mol. The number of hydrogen-bond acceptors (Lipinski definition) is 3. The van der Waals surface area contributed by atoms with Crippen molar-refractivity contribution in [3.8, 4) is 0 Å². The van der Waals surface area contributed by atoms with Crippen LogP contribution in [-0.2, 0) is 15.0 Å². The predicted molar refractivity (Wildman–Crippen MR) is 81.9 cm³/mol. The fourth-order valence-electron chi connectivity index (χ4n) is 3.23. The lowest BCUT2D eigenvalue weighted by atomic mass is 9.94. The zero-order valence-electron chi connectivity index (χ0n) is 13.3. The van der Waals surface area contributed by atoms with Gasteiger partial charge in [0.05, 0.1) is 5.92 Å². The van der Waals surface area contributed by atoms with Gasteiger partial charge in [-0.15, -0.1) is 0 Å². The average Bonchev–Trinajstić information content (AvgIpc) is 2.46. The van der Waals surface area contributed by atoms with E-state index in [9.17, 15) is 13.2 Å². The molecule has 2 rings (SSSR count). The fraction of sp³-hybridized carbons (Fsp3) is 0.929. The van der Waals surface area contributed by atoms with Crippen molar-refractivity contribution < 1.29 is 13.2 Å². The maximum absolute atomic E-state index is 12.6. The molecule has 0 bridgehead atoms. The van der Waals surface area contributed by atoms with Crippen LogP contribution in [0.1, 0.15) is 32.6 Å². The van der Waals surface area contributed by atoms with Gasteiger partial charge >= 0.3 is 0 Å². The molecule has 21 heavy (non-hydrogen) atoms. The van der Waals surface area contributed by atoms with Crippen LogP contribution < -0.4 is 0 Å². The molecule has 0 radical (unpaired) electrons. The van der Waals surface area contributed by atoms with Crippen LogP contribution in [0, 0.1) is 11.8 Å². The minimum atomic E-state index is -3.41. The lowest BCUT2D eigenvalue weighted by Gasteiger charge is -2.37. The van der Waals surface area contributed by atoms with E-state index in [1.807, 2.05) is 4.90 Å². The van der Waals surface area contributed by atoms with Crippen molar-refractivity contribution in [1.82, 2.24) is 13.5 Å². The molecule has 0 spiro atoms. The molecule has 2 aliphatic heterocycles. The minimum absolute atomic E-state index is 0.139. The Labute approximate surface area is 128 Å². The van der Waals surface area contributed by atoms with Crippen LogP contribution >= 0.6 is 0 Å². The summed E-state index contributed by atoms with van der Waals surface area (Å²) in [4.78, 5) is 14.6. The van der Waals surface area contributed by atoms with Crippen molar-refractivity contribution in [1.29, 1.82) is 0 Å². The summed E-state index contributed by atoms with van der Waals surface area (Å²) >= 11 is 0. The van der Waals surface area contributed by atoms with Crippen molar-refractivity contribution in [2.45, 2.75) is 32.6 Å². The molecule has 0 aromatic heterocycles. The molecule has 0 N–H and O–H groups in total. The molecule has 0 unspecified atom stereocenters. The van der Waals surface area contributed by atoms with Crippen molar-refractivity contribution >= 4 is 16.1 Å². The summed E-state index contributed by atoms with van der Waals surface area (Å²) in [6.45, 7) is 4.64. The Hall–Kier alpha value is -0.660. The zero-order chi connectivity index (χ0) is 15.6. The first kappa shape index (κ1) is 16.7. The van der Waals surface area contributed by atoms with Gasteiger partial charge in [-0.1, -0.05) is 6.92 Å². The Kier molecular flexibility index (Phi) is 5.27. The Morgan fingerprint density at radius 2 is 1.76 bits per heavy atom. The van der Waals surface area contributed by atoms with Crippen molar-refractivity contribution in [3.05, 3.63) is 0 Å². The van der Waals surface area contributed by atoms with Gasteiger partial charge in [-0.3, -0.25) is 4.79 Å². The van der Waals surface area contributed by atoms with E-state index in [2.05, 4.69) is 6.92 Å². The molecule has 6 nitrogen and oxygen atoms in total. The van der Waals surface area contributed by atoms with Crippen LogP contribution in [0.3, 0.4) is 0 Å². The van der Waals surface area contributed by atoms with E-state index in [0.29, 0.717) is 19.0 Å². The minimum Gasteiger partial charge on any atom is -0.342 e. The van der Waals surface area contributed by atoms with Crippen LogP contribution in [0.4, 0.5) is 0 Å². The monoisotopic (exact) mass is 317 g/mol. The summed E-state index contributed by atoms with van der Waals surface area (Å²) in [6.07, 6.45) is 3.78. The molecule has 7 heteroatoms. The summed E-state index contributed by atoms with van der Waals surface area (Å²) in [5, 5.41) is 0. The molecule has 1 amide bonds. The van der Waals surface area contributed by atoms with Crippen LogP contribution in [0.25, 0.3) is 0 Å². The van der Waals surface area contributed by atoms with E-state index in [1.54, 1.807) is 0 Å². The SMILES string of the molecule is C[C@@H]1CCCN(C(=O)[C@@H]2CCCN(S(=O)(=O)N(C)C)C2)C1. The number of piperidine rings is 2. The number of nitrogens with zero attached hydrogens (tertiary/aromatic N) is 3. The zero-order valence-corrected chi connectivity index (χ0v) is 14.1. The third-order valence-electron chi connectivity index (χ3n) is 4.49. The fourth-order valence-corrected chi connectivity index (χ4v) is 4.42. The first-order valence-corrected chi connectivity index (χ1v) is 9.18. The molecule has 122 valence electrons. The molecule has 0 aromatic carbocycles. The van der Waals surface area contributed by atoms with E-state index in [4.69, 9.17) is 0 Å². The third-order valence-corrected chi connectivity index (χ3v) is 6.40. The number of amides is 1. The number of likely N-dealkylation sites (tertiary alicyclic amines) is 1. The van der Waals surface area contributed by atoms with E-state index in [-0.39, 0.29) is 11.8 Å². The van der Waals surface area contributed by atoms with E-state index in [0.717, 1.165) is 32.4 Å². The van der Waals surface area contributed by atoms with Gasteiger partial charge in [-0.25, -0.2) is 0 Å². The lowest BCUT2D eigenvalue weighted by Crippen LogP contribution is -2.50. The Morgan fingerprint density at radius 1 is 1.10 bits per heavy atom. The number of rotatable bonds is 3. The van der Waals surface area contributed by atoms with Gasteiger partial charge in [-0.2, -0.15) is 17.0 Å². The molecule has 0 aromatic rings. The summed E-state index contributed by atoms with van der Waals surface area (Å²) < 4.78 is 27.1. The first-order chi connectivity index (χ1) is 9.82. The first-order valence-electron chi connectivity index (χ1n) is 7.78. The predicted octanol–water partition coefficient (Wildman–Crippen LogP) is 0.763. The summed E-state index contributed by atoms with van der Waals surface area (Å²) in [7, 11) is -0.342. The Bertz CT molecular complexity index is 478. The molecule has 2 heterocycles. The van der Waals surface area contributed by atoms with Gasteiger partial charge in [0.2, 0.25) is 5.91 Å². The highest BCUT2D eigenvalue weighted by Crippen LogP contribution is 2.24. The molecule has 2 aliphatic rings. The summed E-state index contributed by atoms with van der Waals surface area (Å²) in [5.74, 6) is 0.506. The topological polar surface area (TPSA) is 60.9 Å². The normalized spacial score (nSPS) is 28.9. The largest absolute Gasteiger partial charge is 0.342 e. The molecular weight excluding hydrogens is 290 g/mol. The number of hydrogen-bond donors (Lipinski definition) is 0. The van der Waals surface area contributed by atoms with Crippen molar-refractivity contribution in [3.63, 3.8) is 0 Å². The van der Waals surface area contributed by atoms with Crippen LogP contribution in [0.5, 0.6) is 0 Å². The molecule has 0 aliphatic carbocycles. The molecular formula is C14H27N3O3S. The van der Waals surface area contributed by atoms with Gasteiger partial charge in [-0.05, 0) is 31.6 Å². The van der Waals surface area contributed by atoms with Crippen molar-refractivity contribution in [2.24, 2.45) is 11.8 Å². The smallest absolute Gasteiger partial charge is 0.281 e. The number of carbonyl (C=O) groups is 1. The van der Waals surface area contributed by atoms with Gasteiger partial charge in [0.25, 0.3) is 10.2 Å². The van der Waals surface area contributed by atoms with Gasteiger partial charge in [0.1, 0.15) is 0 Å². The number of carbonyl (C=O) groups excluding carboxylic acids is 1. The van der Waals surface area contributed by atoms with Crippen molar-refractivity contribution in [2.75, 3.05) is 40.3 Å². The second-order valence-corrected chi connectivity index (χ2v) is 8.66.